The molecule has 1 aromatic heterocycles. The first-order valence-electron chi connectivity index (χ1n) is 7.79. The molecule has 1 atom stereocenters. The first-order chi connectivity index (χ1) is 10.3. The van der Waals surface area contributed by atoms with E-state index in [1.165, 1.54) is 32.1 Å². The molecule has 0 spiro atoms. The average Bonchev–Trinajstić information content (AvgIpc) is 3.02. The van der Waals surface area contributed by atoms with Crippen molar-refractivity contribution in [1.82, 2.24) is 9.55 Å². The lowest BCUT2D eigenvalue weighted by molar-refractivity contribution is 0.328. The molecule has 3 nitrogen and oxygen atoms in total. The number of hydrogen-bond donors (Lipinski definition) is 1. The maximum absolute atomic E-state index is 6.40. The van der Waals surface area contributed by atoms with Gasteiger partial charge in [-0.25, -0.2) is 4.98 Å². The summed E-state index contributed by atoms with van der Waals surface area (Å²) in [5.41, 5.74) is 2.07. The lowest BCUT2D eigenvalue weighted by atomic mass is 9.84. The molecule has 0 saturated heterocycles. The minimum Gasteiger partial charge on any atom is -0.381 e. The van der Waals surface area contributed by atoms with Gasteiger partial charge in [0.1, 0.15) is 0 Å². The van der Waals surface area contributed by atoms with E-state index in [4.69, 9.17) is 11.6 Å². The van der Waals surface area contributed by atoms with Gasteiger partial charge in [0.2, 0.25) is 0 Å². The normalized spacial score (nSPS) is 17.6. The third-order valence-electron chi connectivity index (χ3n) is 4.49. The highest BCUT2D eigenvalue weighted by Crippen LogP contribution is 2.32. The van der Waals surface area contributed by atoms with Crippen LogP contribution in [-0.4, -0.2) is 15.6 Å². The zero-order valence-electron chi connectivity index (χ0n) is 12.4. The van der Waals surface area contributed by atoms with E-state index in [1.54, 1.807) is 12.5 Å². The topological polar surface area (TPSA) is 29.9 Å². The van der Waals surface area contributed by atoms with Crippen LogP contribution in [0.15, 0.2) is 36.9 Å². The molecular weight excluding hydrogens is 282 g/mol. The van der Waals surface area contributed by atoms with Crippen LogP contribution >= 0.6 is 11.6 Å². The highest BCUT2D eigenvalue weighted by atomic mass is 35.5. The Hall–Kier alpha value is -1.48. The van der Waals surface area contributed by atoms with Crippen LogP contribution in [-0.2, 0) is 0 Å². The Bertz CT molecular complexity index is 574. The first kappa shape index (κ1) is 14.5. The van der Waals surface area contributed by atoms with E-state index >= 15 is 0 Å². The summed E-state index contributed by atoms with van der Waals surface area (Å²) >= 11 is 6.40. The number of para-hydroxylation sites is 1. The summed E-state index contributed by atoms with van der Waals surface area (Å²) in [4.78, 5) is 4.13. The molecule has 0 bridgehead atoms. The molecule has 0 amide bonds. The highest BCUT2D eigenvalue weighted by Gasteiger charge is 2.21. The summed E-state index contributed by atoms with van der Waals surface area (Å²) < 4.78 is 1.97. The molecule has 1 fully saturated rings. The fourth-order valence-corrected chi connectivity index (χ4v) is 3.56. The Kier molecular flexibility index (Phi) is 4.49. The van der Waals surface area contributed by atoms with Crippen molar-refractivity contribution in [3.05, 3.63) is 41.9 Å². The monoisotopic (exact) mass is 303 g/mol. The molecule has 1 aliphatic carbocycles. The van der Waals surface area contributed by atoms with Gasteiger partial charge in [-0.05, 0) is 37.8 Å². The number of aromatic nitrogens is 2. The quantitative estimate of drug-likeness (QED) is 0.870. The maximum atomic E-state index is 6.40. The van der Waals surface area contributed by atoms with Gasteiger partial charge < -0.3 is 9.88 Å². The van der Waals surface area contributed by atoms with Gasteiger partial charge in [-0.2, -0.15) is 0 Å². The molecule has 3 rings (SSSR count). The van der Waals surface area contributed by atoms with Crippen LogP contribution in [0.1, 0.15) is 39.0 Å². The number of imidazole rings is 1. The van der Waals surface area contributed by atoms with Gasteiger partial charge in [0, 0.05) is 18.4 Å². The van der Waals surface area contributed by atoms with Crippen LogP contribution in [0.25, 0.3) is 5.69 Å². The molecular formula is C17H22ClN3. The Morgan fingerprint density at radius 3 is 2.81 bits per heavy atom. The van der Waals surface area contributed by atoms with E-state index < -0.39 is 0 Å². The van der Waals surface area contributed by atoms with Gasteiger partial charge in [0.25, 0.3) is 0 Å². The zero-order valence-corrected chi connectivity index (χ0v) is 13.2. The van der Waals surface area contributed by atoms with E-state index in [0.29, 0.717) is 6.04 Å². The van der Waals surface area contributed by atoms with E-state index in [2.05, 4.69) is 23.3 Å². The second-order valence-corrected chi connectivity index (χ2v) is 6.34. The smallest absolute Gasteiger partial charge is 0.0992 e. The second-order valence-electron chi connectivity index (χ2n) is 5.94. The van der Waals surface area contributed by atoms with Gasteiger partial charge in [-0.15, -0.1) is 0 Å². The van der Waals surface area contributed by atoms with Crippen molar-refractivity contribution in [2.75, 3.05) is 5.32 Å². The largest absolute Gasteiger partial charge is 0.381 e. The summed E-state index contributed by atoms with van der Waals surface area (Å²) in [6.45, 7) is 2.29. The number of anilines is 1. The molecule has 1 unspecified atom stereocenters. The van der Waals surface area contributed by atoms with Crippen LogP contribution in [0.3, 0.4) is 0 Å². The standard InChI is InChI=1S/C17H22ClN3/c1-13(14-6-3-2-4-7-14)20-16-9-5-8-15(18)17(16)21-11-10-19-12-21/h5,8-14,20H,2-4,6-7H2,1H3. The number of hydrogen-bond acceptors (Lipinski definition) is 2. The lowest BCUT2D eigenvalue weighted by Crippen LogP contribution is -2.28. The molecule has 0 aliphatic heterocycles. The van der Waals surface area contributed by atoms with Crippen LogP contribution < -0.4 is 5.32 Å². The summed E-state index contributed by atoms with van der Waals surface area (Å²) in [6, 6.07) is 6.48. The summed E-state index contributed by atoms with van der Waals surface area (Å²) in [7, 11) is 0. The van der Waals surface area contributed by atoms with Gasteiger partial charge in [0.15, 0.2) is 0 Å². The molecule has 1 aliphatic rings. The van der Waals surface area contributed by atoms with Crippen molar-refractivity contribution in [3.63, 3.8) is 0 Å². The SMILES string of the molecule is CC(Nc1cccc(Cl)c1-n1ccnc1)C1CCCCC1. The Morgan fingerprint density at radius 2 is 2.10 bits per heavy atom. The van der Waals surface area contributed by atoms with Crippen LogP contribution in [0, 0.1) is 5.92 Å². The van der Waals surface area contributed by atoms with Gasteiger partial charge in [0.05, 0.1) is 22.7 Å². The molecule has 1 heterocycles. The minimum absolute atomic E-state index is 0.464. The Morgan fingerprint density at radius 1 is 1.29 bits per heavy atom. The molecule has 21 heavy (non-hydrogen) atoms. The number of benzene rings is 1. The molecule has 1 saturated carbocycles. The summed E-state index contributed by atoms with van der Waals surface area (Å²) in [5.74, 6) is 0.758. The molecule has 1 N–H and O–H groups in total. The lowest BCUT2D eigenvalue weighted by Gasteiger charge is -2.29. The van der Waals surface area contributed by atoms with Crippen LogP contribution in [0.4, 0.5) is 5.69 Å². The average molecular weight is 304 g/mol. The van der Waals surface area contributed by atoms with Crippen LogP contribution in [0.2, 0.25) is 5.02 Å². The third-order valence-corrected chi connectivity index (χ3v) is 4.79. The molecule has 1 aromatic carbocycles. The van der Waals surface area contributed by atoms with Crippen molar-refractivity contribution in [2.24, 2.45) is 5.92 Å². The zero-order chi connectivity index (χ0) is 14.7. The van der Waals surface area contributed by atoms with Crippen LogP contribution in [0.5, 0.6) is 0 Å². The number of rotatable bonds is 4. The van der Waals surface area contributed by atoms with E-state index in [9.17, 15) is 0 Å². The van der Waals surface area contributed by atoms with Crippen molar-refractivity contribution in [3.8, 4) is 5.69 Å². The van der Waals surface area contributed by atoms with Gasteiger partial charge in [-0.1, -0.05) is 36.9 Å². The number of nitrogens with zero attached hydrogens (tertiary/aromatic N) is 2. The van der Waals surface area contributed by atoms with Crippen molar-refractivity contribution in [1.29, 1.82) is 0 Å². The van der Waals surface area contributed by atoms with Crippen molar-refractivity contribution in [2.45, 2.75) is 45.1 Å². The Balaban J connectivity index is 1.83. The van der Waals surface area contributed by atoms with E-state index in [1.807, 2.05) is 22.9 Å². The highest BCUT2D eigenvalue weighted by molar-refractivity contribution is 6.33. The van der Waals surface area contributed by atoms with Crippen molar-refractivity contribution < 1.29 is 0 Å². The predicted molar refractivity (Wildman–Crippen MR) is 88.2 cm³/mol. The molecule has 4 heteroatoms. The predicted octanol–water partition coefficient (Wildman–Crippen LogP) is 4.91. The number of nitrogens with one attached hydrogen (secondary N) is 1. The maximum Gasteiger partial charge on any atom is 0.0992 e. The first-order valence-corrected chi connectivity index (χ1v) is 8.17. The molecule has 2 aromatic rings. The minimum atomic E-state index is 0.464. The summed E-state index contributed by atoms with van der Waals surface area (Å²) in [6.07, 6.45) is 12.3. The van der Waals surface area contributed by atoms with E-state index in [0.717, 1.165) is 22.3 Å². The van der Waals surface area contributed by atoms with Gasteiger partial charge in [-0.3, -0.25) is 0 Å². The molecule has 112 valence electrons. The fourth-order valence-electron chi connectivity index (χ4n) is 3.28. The number of halogens is 1. The van der Waals surface area contributed by atoms with Gasteiger partial charge >= 0.3 is 0 Å². The Labute approximate surface area is 131 Å². The molecule has 0 radical (unpaired) electrons. The third kappa shape index (κ3) is 3.24. The second kappa shape index (κ2) is 6.52. The fraction of sp³-hybridized carbons (Fsp3) is 0.471. The van der Waals surface area contributed by atoms with Crippen molar-refractivity contribution >= 4 is 17.3 Å². The summed E-state index contributed by atoms with van der Waals surface area (Å²) in [5, 5.41) is 4.42. The van der Waals surface area contributed by atoms with E-state index in [-0.39, 0.29) is 0 Å².